The van der Waals surface area contributed by atoms with Gasteiger partial charge in [0.15, 0.2) is 11.7 Å². The second-order valence-corrected chi connectivity index (χ2v) is 10.5. The standard InChI is InChI=1S/C25H19N3O2S2/c26-12-17(23-27-24(30)20-16-7-3-4-8-18(16)32-25(20)28-23)21(29)19-11-14-10-9-13-5-1-2-6-15(13)22(14)31-19/h1-2,5-6,11,17H,3-4,7-10H2,(H,27,28,30)/t17-/m1/s1. The molecule has 32 heavy (non-hydrogen) atoms. The topological polar surface area (TPSA) is 86.6 Å². The molecule has 158 valence electrons. The van der Waals surface area contributed by atoms with Crippen LogP contribution in [0.4, 0.5) is 0 Å². The fourth-order valence-corrected chi connectivity index (χ4v) is 7.41. The molecule has 1 aromatic carbocycles. The molecule has 0 unspecified atom stereocenters. The molecule has 7 heteroatoms. The van der Waals surface area contributed by atoms with Gasteiger partial charge in [-0.25, -0.2) is 4.98 Å². The molecule has 0 bridgehead atoms. The van der Waals surface area contributed by atoms with Crippen LogP contribution in [0.15, 0.2) is 35.1 Å². The van der Waals surface area contributed by atoms with E-state index in [-0.39, 0.29) is 17.2 Å². The fourth-order valence-electron chi connectivity index (χ4n) is 4.90. The van der Waals surface area contributed by atoms with E-state index in [1.165, 1.54) is 38.7 Å². The molecule has 0 saturated carbocycles. The highest BCUT2D eigenvalue weighted by molar-refractivity contribution is 7.19. The van der Waals surface area contributed by atoms with Crippen molar-refractivity contribution in [2.75, 3.05) is 0 Å². The first-order chi connectivity index (χ1) is 15.6. The minimum absolute atomic E-state index is 0.153. The van der Waals surface area contributed by atoms with Gasteiger partial charge in [0.1, 0.15) is 10.7 Å². The first-order valence-corrected chi connectivity index (χ1v) is 12.5. The molecule has 1 N–H and O–H groups in total. The van der Waals surface area contributed by atoms with E-state index < -0.39 is 5.92 Å². The quantitative estimate of drug-likeness (QED) is 0.430. The van der Waals surface area contributed by atoms with Crippen molar-refractivity contribution in [1.29, 1.82) is 5.26 Å². The summed E-state index contributed by atoms with van der Waals surface area (Å²) in [4.78, 5) is 37.2. The zero-order valence-corrected chi connectivity index (χ0v) is 18.9. The Labute approximate surface area is 192 Å². The number of H-pyrrole nitrogens is 1. The Morgan fingerprint density at radius 3 is 2.78 bits per heavy atom. The van der Waals surface area contributed by atoms with Gasteiger partial charge >= 0.3 is 0 Å². The lowest BCUT2D eigenvalue weighted by Crippen LogP contribution is -2.19. The van der Waals surface area contributed by atoms with Crippen LogP contribution in [0.3, 0.4) is 0 Å². The Kier molecular flexibility index (Phi) is 4.60. The summed E-state index contributed by atoms with van der Waals surface area (Å²) in [7, 11) is 0. The maximum atomic E-state index is 13.4. The molecule has 2 aliphatic rings. The predicted molar refractivity (Wildman–Crippen MR) is 127 cm³/mol. The molecule has 5 nitrogen and oxygen atoms in total. The van der Waals surface area contributed by atoms with Crippen molar-refractivity contribution < 1.29 is 4.79 Å². The zero-order valence-electron chi connectivity index (χ0n) is 17.2. The van der Waals surface area contributed by atoms with Gasteiger partial charge in [-0.2, -0.15) is 5.26 Å². The monoisotopic (exact) mass is 457 g/mol. The molecular formula is C25H19N3O2S2. The first kappa shape index (κ1) is 19.6. The number of benzene rings is 1. The van der Waals surface area contributed by atoms with E-state index in [1.54, 1.807) is 0 Å². The van der Waals surface area contributed by atoms with Crippen LogP contribution in [0.25, 0.3) is 20.7 Å². The number of Topliss-reactive ketones (excluding diaryl/α,β-unsaturated/α-hetero) is 1. The molecule has 6 rings (SSSR count). The zero-order chi connectivity index (χ0) is 21.8. The number of rotatable bonds is 3. The van der Waals surface area contributed by atoms with Crippen LogP contribution in [-0.4, -0.2) is 15.8 Å². The summed E-state index contributed by atoms with van der Waals surface area (Å²) >= 11 is 2.97. The van der Waals surface area contributed by atoms with Crippen molar-refractivity contribution in [3.8, 4) is 16.5 Å². The molecule has 0 radical (unpaired) electrons. The smallest absolute Gasteiger partial charge is 0.259 e. The lowest BCUT2D eigenvalue weighted by atomic mass is 9.91. The third-order valence-corrected chi connectivity index (χ3v) is 8.90. The highest BCUT2D eigenvalue weighted by Crippen LogP contribution is 2.41. The van der Waals surface area contributed by atoms with Gasteiger partial charge in [-0.05, 0) is 66.8 Å². The van der Waals surface area contributed by atoms with E-state index in [1.807, 2.05) is 18.2 Å². The largest absolute Gasteiger partial charge is 0.308 e. The number of nitrogens with zero attached hydrogens (tertiary/aromatic N) is 2. The molecule has 3 heterocycles. The maximum Gasteiger partial charge on any atom is 0.259 e. The first-order valence-electron chi connectivity index (χ1n) is 10.8. The van der Waals surface area contributed by atoms with Crippen LogP contribution >= 0.6 is 22.7 Å². The van der Waals surface area contributed by atoms with Crippen LogP contribution in [0.1, 0.15) is 55.8 Å². The third-order valence-electron chi connectivity index (χ3n) is 6.49. The number of nitrogens with one attached hydrogen (secondary N) is 1. The van der Waals surface area contributed by atoms with Gasteiger partial charge in [-0.3, -0.25) is 9.59 Å². The third kappa shape index (κ3) is 2.98. The summed E-state index contributed by atoms with van der Waals surface area (Å²) < 4.78 is 0. The van der Waals surface area contributed by atoms with E-state index in [0.29, 0.717) is 15.1 Å². The molecule has 0 saturated heterocycles. The van der Waals surface area contributed by atoms with E-state index in [2.05, 4.69) is 28.2 Å². The van der Waals surface area contributed by atoms with Gasteiger partial charge in [0.25, 0.3) is 5.56 Å². The number of thiophene rings is 2. The molecule has 2 aliphatic carbocycles. The lowest BCUT2D eigenvalue weighted by molar-refractivity contribution is 0.0980. The Morgan fingerprint density at radius 2 is 1.91 bits per heavy atom. The van der Waals surface area contributed by atoms with Gasteiger partial charge in [0.05, 0.1) is 16.3 Å². The van der Waals surface area contributed by atoms with Gasteiger partial charge in [0.2, 0.25) is 0 Å². The number of ketones is 1. The van der Waals surface area contributed by atoms with E-state index >= 15 is 0 Å². The Hall–Kier alpha value is -3.08. The molecule has 4 aromatic rings. The number of nitriles is 1. The van der Waals surface area contributed by atoms with E-state index in [0.717, 1.165) is 54.5 Å². The SMILES string of the molecule is N#C[C@H](C(=O)c1cc2c(s1)-c1ccccc1CC2)c1nc2sc3c(c2c(=O)[nH]1)CCCC3. The molecule has 0 spiro atoms. The average molecular weight is 458 g/mol. The second-order valence-electron chi connectivity index (χ2n) is 8.39. The van der Waals surface area contributed by atoms with Crippen molar-refractivity contribution >= 4 is 38.7 Å². The molecular weight excluding hydrogens is 438 g/mol. The fraction of sp³-hybridized carbons (Fsp3) is 0.280. The van der Waals surface area contributed by atoms with Gasteiger partial charge in [-0.1, -0.05) is 24.3 Å². The molecule has 3 aromatic heterocycles. The van der Waals surface area contributed by atoms with Crippen LogP contribution < -0.4 is 5.56 Å². The van der Waals surface area contributed by atoms with E-state index in [4.69, 9.17) is 0 Å². The van der Waals surface area contributed by atoms with Crippen molar-refractivity contribution in [3.63, 3.8) is 0 Å². The number of hydrogen-bond donors (Lipinski definition) is 1. The van der Waals surface area contributed by atoms with Crippen molar-refractivity contribution in [2.45, 2.75) is 44.4 Å². The lowest BCUT2D eigenvalue weighted by Gasteiger charge is -2.15. The number of fused-ring (bicyclic) bond motifs is 6. The number of carbonyl (C=O) groups excluding carboxylic acids is 1. The Bertz CT molecular complexity index is 1500. The number of aromatic nitrogens is 2. The van der Waals surface area contributed by atoms with Gasteiger partial charge in [0, 0.05) is 9.75 Å². The van der Waals surface area contributed by atoms with Crippen molar-refractivity contribution in [3.05, 3.63) is 73.0 Å². The number of carbonyl (C=O) groups is 1. The van der Waals surface area contributed by atoms with Crippen LogP contribution in [0.2, 0.25) is 0 Å². The minimum atomic E-state index is -1.12. The molecule has 1 atom stereocenters. The number of aryl methyl sites for hydroxylation is 4. The van der Waals surface area contributed by atoms with E-state index in [9.17, 15) is 14.9 Å². The van der Waals surface area contributed by atoms with Crippen molar-refractivity contribution in [1.82, 2.24) is 9.97 Å². The summed E-state index contributed by atoms with van der Waals surface area (Å²) in [5.74, 6) is -1.27. The number of aromatic amines is 1. The normalized spacial score (nSPS) is 15.5. The average Bonchev–Trinajstić information content (AvgIpc) is 3.41. The van der Waals surface area contributed by atoms with Gasteiger partial charge < -0.3 is 4.98 Å². The Balaban J connectivity index is 1.40. The second kappa shape index (κ2) is 7.51. The van der Waals surface area contributed by atoms with Crippen LogP contribution in [-0.2, 0) is 25.7 Å². The predicted octanol–water partition coefficient (Wildman–Crippen LogP) is 5.18. The summed E-state index contributed by atoms with van der Waals surface area (Å²) in [6, 6.07) is 12.3. The van der Waals surface area contributed by atoms with Crippen LogP contribution in [0.5, 0.6) is 0 Å². The number of hydrogen-bond acceptors (Lipinski definition) is 6. The summed E-state index contributed by atoms with van der Waals surface area (Å²) in [6.45, 7) is 0. The summed E-state index contributed by atoms with van der Waals surface area (Å²) in [6.07, 6.45) is 5.89. The highest BCUT2D eigenvalue weighted by Gasteiger charge is 2.30. The van der Waals surface area contributed by atoms with Crippen LogP contribution in [0, 0.1) is 11.3 Å². The minimum Gasteiger partial charge on any atom is -0.308 e. The maximum absolute atomic E-state index is 13.4. The summed E-state index contributed by atoms with van der Waals surface area (Å²) in [5.41, 5.74) is 4.47. The Morgan fingerprint density at radius 1 is 1.09 bits per heavy atom. The van der Waals surface area contributed by atoms with Gasteiger partial charge in [-0.15, -0.1) is 22.7 Å². The molecule has 0 amide bonds. The highest BCUT2D eigenvalue weighted by atomic mass is 32.1. The molecule has 0 aliphatic heterocycles. The van der Waals surface area contributed by atoms with Crippen molar-refractivity contribution in [2.24, 2.45) is 0 Å². The molecule has 0 fully saturated rings. The summed E-state index contributed by atoms with van der Waals surface area (Å²) in [5, 5.41) is 10.5.